The Balaban J connectivity index is 1.64. The van der Waals surface area contributed by atoms with Gasteiger partial charge in [-0.3, -0.25) is 0 Å². The highest BCUT2D eigenvalue weighted by Gasteiger charge is 2.47. The molecule has 0 aromatic heterocycles. The van der Waals surface area contributed by atoms with Crippen LogP contribution in [-0.2, 0) is 19.3 Å². The lowest BCUT2D eigenvalue weighted by molar-refractivity contribution is 0.314. The predicted octanol–water partition coefficient (Wildman–Crippen LogP) is 6.83. The van der Waals surface area contributed by atoms with E-state index < -0.39 is 0 Å². The third kappa shape index (κ3) is 2.66. The molecule has 2 aliphatic rings. The molecule has 3 aromatic carbocycles. The smallest absolute Gasteiger partial charge is 0.00654 e. The van der Waals surface area contributed by atoms with E-state index in [2.05, 4.69) is 93.6 Å². The Morgan fingerprint density at radius 2 is 1.64 bits per heavy atom. The summed E-state index contributed by atoms with van der Waals surface area (Å²) in [6.07, 6.45) is 5.87. The Bertz CT molecular complexity index is 1070. The van der Waals surface area contributed by atoms with Crippen LogP contribution in [0.4, 0.5) is 0 Å². The van der Waals surface area contributed by atoms with Gasteiger partial charge in [0.15, 0.2) is 0 Å². The summed E-state index contributed by atoms with van der Waals surface area (Å²) in [6.45, 7) is 7.01. The molecule has 0 aliphatic heterocycles. The molecule has 0 nitrogen and oxygen atoms in total. The van der Waals surface area contributed by atoms with Crippen LogP contribution in [0.5, 0.6) is 0 Å². The molecule has 2 atom stereocenters. The van der Waals surface area contributed by atoms with E-state index in [0.717, 1.165) is 19.3 Å². The summed E-state index contributed by atoms with van der Waals surface area (Å²) in [5.74, 6) is 0.531. The molecule has 0 bridgehead atoms. The molecular formula is C28H28. The molecule has 2 unspecified atom stereocenters. The third-order valence-corrected chi connectivity index (χ3v) is 7.15. The van der Waals surface area contributed by atoms with Crippen LogP contribution in [0.25, 0.3) is 6.08 Å². The maximum Gasteiger partial charge on any atom is 0.00654 e. The van der Waals surface area contributed by atoms with Gasteiger partial charge in [0.25, 0.3) is 0 Å². The van der Waals surface area contributed by atoms with Crippen LogP contribution in [0.15, 0.2) is 72.3 Å². The van der Waals surface area contributed by atoms with Gasteiger partial charge in [0.1, 0.15) is 0 Å². The highest BCUT2D eigenvalue weighted by molar-refractivity contribution is 5.67. The second-order valence-corrected chi connectivity index (χ2v) is 8.92. The zero-order valence-electron chi connectivity index (χ0n) is 17.1. The lowest BCUT2D eigenvalue weighted by atomic mass is 9.66. The molecule has 0 heterocycles. The van der Waals surface area contributed by atoms with Crippen LogP contribution in [0.1, 0.15) is 51.8 Å². The van der Waals surface area contributed by atoms with Crippen LogP contribution in [0.3, 0.4) is 0 Å². The summed E-state index contributed by atoms with van der Waals surface area (Å²) < 4.78 is 0. The summed E-state index contributed by atoms with van der Waals surface area (Å²) in [7, 11) is 0. The van der Waals surface area contributed by atoms with Gasteiger partial charge in [-0.05, 0) is 72.4 Å². The summed E-state index contributed by atoms with van der Waals surface area (Å²) >= 11 is 0. The van der Waals surface area contributed by atoms with E-state index >= 15 is 0 Å². The van der Waals surface area contributed by atoms with Gasteiger partial charge in [-0.2, -0.15) is 0 Å². The maximum atomic E-state index is 2.50. The average molecular weight is 365 g/mol. The fourth-order valence-electron chi connectivity index (χ4n) is 5.88. The minimum Gasteiger partial charge on any atom is -0.0622 e. The van der Waals surface area contributed by atoms with Crippen molar-refractivity contribution in [3.63, 3.8) is 0 Å². The number of hydrogen-bond donors (Lipinski definition) is 0. The monoisotopic (exact) mass is 364 g/mol. The van der Waals surface area contributed by atoms with Gasteiger partial charge in [0.05, 0.1) is 0 Å². The molecular weight excluding hydrogens is 336 g/mol. The van der Waals surface area contributed by atoms with E-state index in [9.17, 15) is 0 Å². The molecule has 0 saturated carbocycles. The molecule has 28 heavy (non-hydrogen) atoms. The number of benzene rings is 3. The van der Waals surface area contributed by atoms with Gasteiger partial charge in [0.2, 0.25) is 0 Å². The van der Waals surface area contributed by atoms with Gasteiger partial charge in [-0.25, -0.2) is 0 Å². The predicted molar refractivity (Wildman–Crippen MR) is 119 cm³/mol. The lowest BCUT2D eigenvalue weighted by Gasteiger charge is -2.37. The van der Waals surface area contributed by atoms with Crippen LogP contribution in [0, 0.1) is 19.3 Å². The van der Waals surface area contributed by atoms with E-state index in [1.165, 1.54) is 27.8 Å². The van der Waals surface area contributed by atoms with Crippen molar-refractivity contribution >= 4 is 6.08 Å². The minimum atomic E-state index is 0.168. The van der Waals surface area contributed by atoms with Crippen molar-refractivity contribution in [1.82, 2.24) is 0 Å². The van der Waals surface area contributed by atoms with Crippen molar-refractivity contribution in [2.75, 3.05) is 0 Å². The highest BCUT2D eigenvalue weighted by atomic mass is 14.5. The van der Waals surface area contributed by atoms with E-state index in [-0.39, 0.29) is 5.41 Å². The molecule has 0 amide bonds. The SMILES string of the molecule is Cc1cc(C)c2c(c1)CC(Cc1ccccc1)(C1=Cc3ccccc3C1)C2C. The van der Waals surface area contributed by atoms with E-state index in [0.29, 0.717) is 5.92 Å². The lowest BCUT2D eigenvalue weighted by Crippen LogP contribution is -2.30. The molecule has 0 radical (unpaired) electrons. The average Bonchev–Trinajstić information content (AvgIpc) is 3.23. The van der Waals surface area contributed by atoms with Gasteiger partial charge in [0, 0.05) is 5.41 Å². The summed E-state index contributed by atoms with van der Waals surface area (Å²) in [5, 5.41) is 0. The van der Waals surface area contributed by atoms with E-state index in [4.69, 9.17) is 0 Å². The van der Waals surface area contributed by atoms with E-state index in [1.54, 1.807) is 16.7 Å². The first-order chi connectivity index (χ1) is 13.6. The molecule has 0 N–H and O–H groups in total. The van der Waals surface area contributed by atoms with Crippen molar-refractivity contribution in [2.45, 2.75) is 46.0 Å². The van der Waals surface area contributed by atoms with E-state index in [1.807, 2.05) is 0 Å². The van der Waals surface area contributed by atoms with Crippen LogP contribution >= 0.6 is 0 Å². The zero-order chi connectivity index (χ0) is 19.3. The molecule has 0 saturated heterocycles. The quantitative estimate of drug-likeness (QED) is 0.478. The molecule has 0 fully saturated rings. The molecule has 140 valence electrons. The summed E-state index contributed by atoms with van der Waals surface area (Å²) in [5.41, 5.74) is 12.2. The molecule has 5 rings (SSSR count). The van der Waals surface area contributed by atoms with Crippen molar-refractivity contribution in [1.29, 1.82) is 0 Å². The van der Waals surface area contributed by atoms with Crippen LogP contribution in [-0.4, -0.2) is 0 Å². The highest BCUT2D eigenvalue weighted by Crippen LogP contribution is 2.56. The fraction of sp³-hybridized carbons (Fsp3) is 0.286. The van der Waals surface area contributed by atoms with Crippen molar-refractivity contribution < 1.29 is 0 Å². The largest absolute Gasteiger partial charge is 0.0622 e. The maximum absolute atomic E-state index is 2.50. The van der Waals surface area contributed by atoms with Crippen molar-refractivity contribution in [3.8, 4) is 0 Å². The summed E-state index contributed by atoms with van der Waals surface area (Å²) in [4.78, 5) is 0. The first-order valence-electron chi connectivity index (χ1n) is 10.5. The normalized spacial score (nSPS) is 22.7. The molecule has 0 spiro atoms. The number of allylic oxidation sites excluding steroid dienone is 1. The fourth-order valence-corrected chi connectivity index (χ4v) is 5.88. The number of hydrogen-bond acceptors (Lipinski definition) is 0. The zero-order valence-corrected chi connectivity index (χ0v) is 17.1. The second-order valence-electron chi connectivity index (χ2n) is 8.92. The number of aryl methyl sites for hydroxylation is 2. The van der Waals surface area contributed by atoms with Crippen LogP contribution in [0.2, 0.25) is 0 Å². The standard InChI is InChI=1S/C28H28/c1-19-13-20(2)27-21(3)28(18-25(27)14-19,17-22-9-5-4-6-10-22)26-15-23-11-7-8-12-24(23)16-26/h4-15,21H,16-18H2,1-3H3. The van der Waals surface area contributed by atoms with Crippen molar-refractivity contribution in [3.05, 3.63) is 111 Å². The van der Waals surface area contributed by atoms with Gasteiger partial charge < -0.3 is 0 Å². The Kier molecular flexibility index (Phi) is 4.05. The van der Waals surface area contributed by atoms with Gasteiger partial charge >= 0.3 is 0 Å². The Labute approximate surface area is 168 Å². The Hall–Kier alpha value is -2.60. The second kappa shape index (κ2) is 6.48. The van der Waals surface area contributed by atoms with Gasteiger partial charge in [-0.15, -0.1) is 0 Å². The van der Waals surface area contributed by atoms with Crippen LogP contribution < -0.4 is 0 Å². The van der Waals surface area contributed by atoms with Gasteiger partial charge in [-0.1, -0.05) is 90.9 Å². The minimum absolute atomic E-state index is 0.168. The molecule has 0 heteroatoms. The Morgan fingerprint density at radius 1 is 0.893 bits per heavy atom. The third-order valence-electron chi connectivity index (χ3n) is 7.15. The molecule has 2 aliphatic carbocycles. The van der Waals surface area contributed by atoms with Crippen molar-refractivity contribution in [2.24, 2.45) is 5.41 Å². The topological polar surface area (TPSA) is 0 Å². The first-order valence-corrected chi connectivity index (χ1v) is 10.5. The first kappa shape index (κ1) is 17.5. The summed E-state index contributed by atoms with van der Waals surface area (Å²) in [6, 6.07) is 24.8. The molecule has 3 aromatic rings. The Morgan fingerprint density at radius 3 is 2.43 bits per heavy atom. The number of rotatable bonds is 3. The number of fused-ring (bicyclic) bond motifs is 2.